The van der Waals surface area contributed by atoms with Crippen LogP contribution in [0.25, 0.3) is 5.53 Å². The molecule has 36 valence electrons. The molecule has 0 atom stereocenters. The summed E-state index contributed by atoms with van der Waals surface area (Å²) in [4.78, 5) is 4.35. The van der Waals surface area contributed by atoms with Gasteiger partial charge in [0.2, 0.25) is 0 Å². The van der Waals surface area contributed by atoms with Crippen LogP contribution in [-0.2, 0) is 4.84 Å². The number of hydrogen-bond donors (Lipinski definition) is 1. The number of nitrogens with zero attached hydrogens (tertiary/aromatic N) is 1. The van der Waals surface area contributed by atoms with E-state index < -0.39 is 0 Å². The van der Waals surface area contributed by atoms with Crippen molar-refractivity contribution in [3.05, 3.63) is 5.53 Å². The van der Waals surface area contributed by atoms with Gasteiger partial charge in [0, 0.05) is 0 Å². The predicted octanol–water partition coefficient (Wildman–Crippen LogP) is -0.571. The number of hydrogen-bond acceptors (Lipinski definition) is 1. The fourth-order valence-electron chi connectivity index (χ4n) is 0.105. The molecule has 0 amide bonds. The van der Waals surface area contributed by atoms with Crippen LogP contribution in [0.4, 0.5) is 0 Å². The first-order chi connectivity index (χ1) is 2.77. The van der Waals surface area contributed by atoms with Crippen molar-refractivity contribution in [1.29, 1.82) is 0 Å². The van der Waals surface area contributed by atoms with Crippen LogP contribution in [0.5, 0.6) is 0 Å². The first-order valence-electron chi connectivity index (χ1n) is 1.82. The molecular formula is C3H8N2O. The molecular weight excluding hydrogens is 80.0 g/mol. The van der Waals surface area contributed by atoms with Crippen molar-refractivity contribution in [2.45, 2.75) is 20.0 Å². The molecule has 0 aliphatic rings. The normalized spacial score (nSPS) is 8.50. The molecule has 0 aromatic heterocycles. The summed E-state index contributed by atoms with van der Waals surface area (Å²) in [5.41, 5.74) is 7.76. The highest BCUT2D eigenvalue weighted by Crippen LogP contribution is 1.73. The van der Waals surface area contributed by atoms with Crippen LogP contribution < -0.4 is 5.28 Å². The van der Waals surface area contributed by atoms with E-state index in [9.17, 15) is 0 Å². The second kappa shape index (κ2) is 2.63. The summed E-state index contributed by atoms with van der Waals surface area (Å²) in [5.74, 6) is 0. The summed E-state index contributed by atoms with van der Waals surface area (Å²) < 4.78 is 0. The van der Waals surface area contributed by atoms with Gasteiger partial charge >= 0.3 is 0 Å². The minimum absolute atomic E-state index is 0.0370. The third-order valence-corrected chi connectivity index (χ3v) is 0.288. The van der Waals surface area contributed by atoms with E-state index >= 15 is 0 Å². The van der Waals surface area contributed by atoms with Crippen LogP contribution in [0.3, 0.4) is 0 Å². The standard InChI is InChI=1S/C3H8N2O/c1-3(2)6-5-4/h3,5H,1-2H3. The van der Waals surface area contributed by atoms with Crippen molar-refractivity contribution in [1.82, 2.24) is 0 Å². The Bertz CT molecular complexity index is 44.1. The van der Waals surface area contributed by atoms with Gasteiger partial charge in [0.25, 0.3) is 0 Å². The second-order valence-electron chi connectivity index (χ2n) is 1.26. The molecule has 0 saturated heterocycles. The summed E-state index contributed by atoms with van der Waals surface area (Å²) in [7, 11) is 0. The highest BCUT2D eigenvalue weighted by molar-refractivity contribution is 4.24. The lowest BCUT2D eigenvalue weighted by Gasteiger charge is -1.93. The van der Waals surface area contributed by atoms with E-state index in [0.29, 0.717) is 0 Å². The third kappa shape index (κ3) is 3.40. The zero-order chi connectivity index (χ0) is 4.99. The lowest BCUT2D eigenvalue weighted by molar-refractivity contribution is -0.779. The molecule has 0 unspecified atom stereocenters. The summed E-state index contributed by atoms with van der Waals surface area (Å²) in [6.07, 6.45) is 0.0370. The van der Waals surface area contributed by atoms with Gasteiger partial charge in [-0.2, -0.15) is 0 Å². The van der Waals surface area contributed by atoms with E-state index in [2.05, 4.69) is 4.84 Å². The van der Waals surface area contributed by atoms with Gasteiger partial charge in [-0.3, -0.25) is 4.84 Å². The van der Waals surface area contributed by atoms with Crippen molar-refractivity contribution >= 4 is 0 Å². The summed E-state index contributed by atoms with van der Waals surface area (Å²) >= 11 is 0. The molecule has 0 saturated carbocycles. The van der Waals surface area contributed by atoms with E-state index in [-0.39, 0.29) is 6.10 Å². The molecule has 0 spiro atoms. The molecule has 0 aliphatic carbocycles. The lowest BCUT2D eigenvalue weighted by atomic mass is 10.5. The largest absolute Gasteiger partial charge is 0.453 e. The first kappa shape index (κ1) is 5.40. The molecule has 1 N–H and O–H groups in total. The smallest absolute Gasteiger partial charge is 0.163 e. The van der Waals surface area contributed by atoms with Gasteiger partial charge in [0.15, 0.2) is 6.10 Å². The summed E-state index contributed by atoms with van der Waals surface area (Å²) in [6.45, 7) is 3.62. The Hall–Kier alpha value is -0.600. The predicted molar refractivity (Wildman–Crippen MR) is 20.5 cm³/mol. The van der Waals surface area contributed by atoms with Crippen LogP contribution in [-0.4, -0.2) is 6.10 Å². The average Bonchev–Trinajstić information content (AvgIpc) is 1.35. The van der Waals surface area contributed by atoms with Crippen LogP contribution >= 0.6 is 0 Å². The van der Waals surface area contributed by atoms with Gasteiger partial charge in [0.05, 0.1) is 0 Å². The molecule has 0 fully saturated rings. The SMILES string of the molecule is CC(C)O[NH+]=[N-]. The van der Waals surface area contributed by atoms with Crippen LogP contribution in [0.15, 0.2) is 0 Å². The Balaban J connectivity index is 2.81. The van der Waals surface area contributed by atoms with Crippen LogP contribution in [0, 0.1) is 0 Å². The second-order valence-corrected chi connectivity index (χ2v) is 1.26. The Kier molecular flexibility index (Phi) is 2.36. The van der Waals surface area contributed by atoms with Gasteiger partial charge in [-0.05, 0) is 13.8 Å². The number of rotatable bonds is 2. The van der Waals surface area contributed by atoms with Gasteiger partial charge < -0.3 is 5.53 Å². The van der Waals surface area contributed by atoms with Gasteiger partial charge in [-0.15, -0.1) is 5.28 Å². The van der Waals surface area contributed by atoms with Gasteiger partial charge in [-0.25, -0.2) is 0 Å². The molecule has 0 aromatic rings. The summed E-state index contributed by atoms with van der Waals surface area (Å²) in [6, 6.07) is 0. The topological polar surface area (TPSA) is 45.5 Å². The zero-order valence-electron chi connectivity index (χ0n) is 3.93. The average molecular weight is 88.1 g/mol. The van der Waals surface area contributed by atoms with Gasteiger partial charge in [0.1, 0.15) is 0 Å². The maximum atomic E-state index is 7.76. The quantitative estimate of drug-likeness (QED) is 0.356. The molecule has 3 nitrogen and oxygen atoms in total. The third-order valence-electron chi connectivity index (χ3n) is 0.288. The van der Waals surface area contributed by atoms with Crippen molar-refractivity contribution in [3.8, 4) is 0 Å². The van der Waals surface area contributed by atoms with Gasteiger partial charge in [-0.1, -0.05) is 0 Å². The molecule has 0 rings (SSSR count). The zero-order valence-corrected chi connectivity index (χ0v) is 3.93. The highest BCUT2D eigenvalue weighted by atomic mass is 16.6. The number of nitrogens with one attached hydrogen (secondary N) is 1. The lowest BCUT2D eigenvalue weighted by Crippen LogP contribution is -2.63. The molecule has 0 bridgehead atoms. The maximum Gasteiger partial charge on any atom is 0.163 e. The molecule has 6 heavy (non-hydrogen) atoms. The molecule has 0 aromatic carbocycles. The molecule has 0 aliphatic heterocycles. The minimum Gasteiger partial charge on any atom is -0.453 e. The van der Waals surface area contributed by atoms with Crippen molar-refractivity contribution in [3.63, 3.8) is 0 Å². The highest BCUT2D eigenvalue weighted by Gasteiger charge is 1.86. The fourth-order valence-corrected chi connectivity index (χ4v) is 0.105. The molecule has 3 heteroatoms. The Morgan fingerprint density at radius 3 is 2.17 bits per heavy atom. The van der Waals surface area contributed by atoms with Crippen molar-refractivity contribution in [2.75, 3.05) is 0 Å². The molecule has 0 radical (unpaired) electrons. The molecule has 0 heterocycles. The maximum absolute atomic E-state index is 7.76. The fraction of sp³-hybridized carbons (Fsp3) is 1.00. The van der Waals surface area contributed by atoms with E-state index in [4.69, 9.17) is 5.53 Å². The monoisotopic (exact) mass is 88.1 g/mol. The minimum atomic E-state index is 0.0370. The Labute approximate surface area is 36.8 Å². The van der Waals surface area contributed by atoms with Crippen molar-refractivity contribution in [2.24, 2.45) is 0 Å². The van der Waals surface area contributed by atoms with E-state index in [1.165, 1.54) is 0 Å². The van der Waals surface area contributed by atoms with E-state index in [0.717, 1.165) is 0 Å². The van der Waals surface area contributed by atoms with Crippen LogP contribution in [0.2, 0.25) is 0 Å². The summed E-state index contributed by atoms with van der Waals surface area (Å²) in [5, 5.41) is 1.57. The van der Waals surface area contributed by atoms with E-state index in [1.54, 1.807) is 5.28 Å². The Morgan fingerprint density at radius 2 is 2.17 bits per heavy atom. The van der Waals surface area contributed by atoms with Crippen LogP contribution in [0.1, 0.15) is 13.8 Å². The first-order valence-corrected chi connectivity index (χ1v) is 1.82. The van der Waals surface area contributed by atoms with Crippen molar-refractivity contribution < 1.29 is 10.1 Å². The van der Waals surface area contributed by atoms with E-state index in [1.807, 2.05) is 13.8 Å². The Morgan fingerprint density at radius 1 is 1.67 bits per heavy atom.